The fourth-order valence-electron chi connectivity index (χ4n) is 1.64. The molecule has 0 spiro atoms. The summed E-state index contributed by atoms with van der Waals surface area (Å²) in [6.45, 7) is 0.656. The molecule has 74 valence electrons. The van der Waals surface area contributed by atoms with E-state index in [4.69, 9.17) is 9.47 Å². The van der Waals surface area contributed by atoms with Crippen molar-refractivity contribution in [1.82, 2.24) is 0 Å². The maximum atomic E-state index is 10.1. The molecule has 0 saturated carbocycles. The molecule has 7 heteroatoms. The van der Waals surface area contributed by atoms with Crippen LogP contribution in [0.1, 0.15) is 0 Å². The third kappa shape index (κ3) is 1.59. The van der Waals surface area contributed by atoms with Gasteiger partial charge in [-0.2, -0.15) is 12.6 Å². The highest BCUT2D eigenvalue weighted by Crippen LogP contribution is 2.31. The minimum atomic E-state index is -0.814. The number of hydrogen-bond donors (Lipinski definition) is 1. The summed E-state index contributed by atoms with van der Waals surface area (Å²) >= 11 is 4.22. The maximum Gasteiger partial charge on any atom is 0.294 e. The van der Waals surface area contributed by atoms with Gasteiger partial charge in [0.1, 0.15) is 6.10 Å². The highest BCUT2D eigenvalue weighted by atomic mass is 32.1. The lowest BCUT2D eigenvalue weighted by Gasteiger charge is -2.12. The average Bonchev–Trinajstić information content (AvgIpc) is 2.56. The summed E-state index contributed by atoms with van der Waals surface area (Å²) in [6, 6.07) is 0. The van der Waals surface area contributed by atoms with Gasteiger partial charge in [-0.05, 0) is 0 Å². The second-order valence-electron chi connectivity index (χ2n) is 3.03. The Morgan fingerprint density at radius 1 is 1.38 bits per heavy atom. The SMILES string of the molecule is O=[N+]([O-])OC1CO[C@@H]2C(S)CO[C@H]12. The second-order valence-corrected chi connectivity index (χ2v) is 3.69. The first kappa shape index (κ1) is 9.04. The molecule has 2 aliphatic heterocycles. The topological polar surface area (TPSA) is 70.8 Å². The lowest BCUT2D eigenvalue weighted by Crippen LogP contribution is -2.33. The number of rotatable bonds is 2. The summed E-state index contributed by atoms with van der Waals surface area (Å²) in [5.74, 6) is 0. The molecule has 0 aromatic rings. The molecule has 2 fully saturated rings. The zero-order chi connectivity index (χ0) is 9.42. The van der Waals surface area contributed by atoms with Crippen molar-refractivity contribution in [3.05, 3.63) is 10.1 Å². The van der Waals surface area contributed by atoms with Crippen LogP contribution in [-0.4, -0.2) is 41.9 Å². The van der Waals surface area contributed by atoms with Gasteiger partial charge in [-0.3, -0.25) is 0 Å². The van der Waals surface area contributed by atoms with Crippen LogP contribution in [-0.2, 0) is 14.3 Å². The standard InChI is InChI=1S/C6H9NO5S/c8-7(9)12-3-1-10-6-4(13)2-11-5(3)6/h3-6,13H,1-2H2/t3?,4?,5-,6-/m1/s1. The van der Waals surface area contributed by atoms with Crippen molar-refractivity contribution >= 4 is 12.6 Å². The number of fused-ring (bicyclic) bond motifs is 1. The van der Waals surface area contributed by atoms with E-state index in [1.807, 2.05) is 0 Å². The van der Waals surface area contributed by atoms with Gasteiger partial charge in [-0.25, -0.2) is 0 Å². The van der Waals surface area contributed by atoms with Gasteiger partial charge in [0.25, 0.3) is 5.09 Å². The van der Waals surface area contributed by atoms with Crippen LogP contribution in [0.3, 0.4) is 0 Å². The first-order valence-corrected chi connectivity index (χ1v) is 4.42. The van der Waals surface area contributed by atoms with Crippen molar-refractivity contribution < 1.29 is 19.4 Å². The minimum absolute atomic E-state index is 0.00893. The third-order valence-electron chi connectivity index (χ3n) is 2.20. The third-order valence-corrected chi connectivity index (χ3v) is 2.65. The predicted octanol–water partition coefficient (Wildman–Crippen LogP) is -0.341. The Kier molecular flexibility index (Phi) is 2.31. The molecule has 2 unspecified atom stereocenters. The first-order chi connectivity index (χ1) is 6.18. The molecule has 0 bridgehead atoms. The van der Waals surface area contributed by atoms with Crippen LogP contribution in [0, 0.1) is 10.1 Å². The van der Waals surface area contributed by atoms with Crippen molar-refractivity contribution in [2.45, 2.75) is 23.6 Å². The van der Waals surface area contributed by atoms with Crippen LogP contribution >= 0.6 is 12.6 Å². The smallest absolute Gasteiger partial charge is 0.294 e. The van der Waals surface area contributed by atoms with E-state index in [9.17, 15) is 10.1 Å². The molecule has 2 rings (SSSR count). The lowest BCUT2D eigenvalue weighted by molar-refractivity contribution is -0.769. The summed E-state index contributed by atoms with van der Waals surface area (Å²) in [5, 5.41) is 9.26. The largest absolute Gasteiger partial charge is 0.372 e. The highest BCUT2D eigenvalue weighted by molar-refractivity contribution is 7.81. The summed E-state index contributed by atoms with van der Waals surface area (Å²) in [7, 11) is 0. The lowest BCUT2D eigenvalue weighted by atomic mass is 10.1. The Bertz CT molecular complexity index is 225. The van der Waals surface area contributed by atoms with Crippen LogP contribution in [0.4, 0.5) is 0 Å². The summed E-state index contributed by atoms with van der Waals surface area (Å²) < 4.78 is 10.5. The van der Waals surface area contributed by atoms with Gasteiger partial charge in [0.2, 0.25) is 0 Å². The van der Waals surface area contributed by atoms with E-state index < -0.39 is 11.2 Å². The van der Waals surface area contributed by atoms with Crippen molar-refractivity contribution in [3.8, 4) is 0 Å². The molecule has 6 nitrogen and oxygen atoms in total. The number of ether oxygens (including phenoxy) is 2. The molecule has 0 aromatic carbocycles. The van der Waals surface area contributed by atoms with Gasteiger partial charge in [-0.1, -0.05) is 0 Å². The molecule has 0 N–H and O–H groups in total. The van der Waals surface area contributed by atoms with Crippen molar-refractivity contribution in [1.29, 1.82) is 0 Å². The average molecular weight is 207 g/mol. The summed E-state index contributed by atoms with van der Waals surface area (Å²) in [6.07, 6.45) is -1.11. The molecule has 4 atom stereocenters. The molecular formula is C6H9NO5S. The van der Waals surface area contributed by atoms with Crippen molar-refractivity contribution in [3.63, 3.8) is 0 Å². The Labute approximate surface area is 79.7 Å². The van der Waals surface area contributed by atoms with Gasteiger partial charge in [0.05, 0.1) is 24.6 Å². The van der Waals surface area contributed by atoms with Gasteiger partial charge < -0.3 is 14.3 Å². The Hall–Kier alpha value is -0.530. The van der Waals surface area contributed by atoms with E-state index in [-0.39, 0.29) is 24.1 Å². The highest BCUT2D eigenvalue weighted by Gasteiger charge is 2.48. The van der Waals surface area contributed by atoms with Gasteiger partial charge >= 0.3 is 0 Å². The van der Waals surface area contributed by atoms with Gasteiger partial charge in [0, 0.05) is 0 Å². The number of nitrogens with zero attached hydrogens (tertiary/aromatic N) is 1. The maximum absolute atomic E-state index is 10.1. The summed E-state index contributed by atoms with van der Waals surface area (Å²) in [5.41, 5.74) is 0. The van der Waals surface area contributed by atoms with E-state index in [1.54, 1.807) is 0 Å². The van der Waals surface area contributed by atoms with Crippen LogP contribution in [0.2, 0.25) is 0 Å². The molecular weight excluding hydrogens is 198 g/mol. The predicted molar refractivity (Wildman–Crippen MR) is 44.1 cm³/mol. The Balaban J connectivity index is 1.98. The van der Waals surface area contributed by atoms with Crippen LogP contribution < -0.4 is 0 Å². The van der Waals surface area contributed by atoms with E-state index in [0.29, 0.717) is 6.61 Å². The fraction of sp³-hybridized carbons (Fsp3) is 1.00. The van der Waals surface area contributed by atoms with Crippen molar-refractivity contribution in [2.24, 2.45) is 0 Å². The molecule has 0 aromatic heterocycles. The first-order valence-electron chi connectivity index (χ1n) is 3.91. The molecule has 13 heavy (non-hydrogen) atoms. The Morgan fingerprint density at radius 2 is 2.08 bits per heavy atom. The molecule has 2 saturated heterocycles. The fourth-order valence-corrected chi connectivity index (χ4v) is 1.99. The van der Waals surface area contributed by atoms with Crippen molar-refractivity contribution in [2.75, 3.05) is 13.2 Å². The van der Waals surface area contributed by atoms with E-state index >= 15 is 0 Å². The molecule has 0 aliphatic carbocycles. The minimum Gasteiger partial charge on any atom is -0.372 e. The number of hydrogen-bond acceptors (Lipinski definition) is 6. The van der Waals surface area contributed by atoms with E-state index in [1.165, 1.54) is 0 Å². The normalized spacial score (nSPS) is 43.2. The van der Waals surface area contributed by atoms with Gasteiger partial charge in [-0.15, -0.1) is 10.1 Å². The molecule has 2 heterocycles. The Morgan fingerprint density at radius 3 is 2.77 bits per heavy atom. The number of thiol groups is 1. The van der Waals surface area contributed by atoms with E-state index in [2.05, 4.69) is 17.5 Å². The zero-order valence-electron chi connectivity index (χ0n) is 6.66. The van der Waals surface area contributed by atoms with E-state index in [0.717, 1.165) is 0 Å². The molecule has 0 amide bonds. The summed E-state index contributed by atoms with van der Waals surface area (Å²) in [4.78, 5) is 14.5. The zero-order valence-corrected chi connectivity index (χ0v) is 7.55. The van der Waals surface area contributed by atoms with Crippen LogP contribution in [0.5, 0.6) is 0 Å². The molecule has 0 radical (unpaired) electrons. The monoisotopic (exact) mass is 207 g/mol. The quantitative estimate of drug-likeness (QED) is 0.381. The molecule has 2 aliphatic rings. The van der Waals surface area contributed by atoms with Crippen LogP contribution in [0.25, 0.3) is 0 Å². The van der Waals surface area contributed by atoms with Gasteiger partial charge in [0.15, 0.2) is 6.10 Å². The van der Waals surface area contributed by atoms with Crippen LogP contribution in [0.15, 0.2) is 0 Å². The second kappa shape index (κ2) is 3.32.